The number of halogens is 1. The zero-order chi connectivity index (χ0) is 6.97. The zero-order valence-corrected chi connectivity index (χ0v) is 5.97. The van der Waals surface area contributed by atoms with Gasteiger partial charge in [-0.15, -0.1) is 0 Å². The molecule has 1 aliphatic rings. The Kier molecular flexibility index (Phi) is 1.21. The zero-order valence-electron chi connectivity index (χ0n) is 5.21. The van der Waals surface area contributed by atoms with Crippen LogP contribution in [0.4, 0.5) is 0 Å². The van der Waals surface area contributed by atoms with Gasteiger partial charge in [0.15, 0.2) is 0 Å². The van der Waals surface area contributed by atoms with Crippen molar-refractivity contribution in [3.05, 3.63) is 28.5 Å². The molecule has 0 N–H and O–H groups in total. The molecule has 0 aromatic carbocycles. The van der Waals surface area contributed by atoms with Gasteiger partial charge in [0.2, 0.25) is 0 Å². The molecule has 3 heteroatoms. The molecule has 0 radical (unpaired) electrons. The molecular formula is C7H5ClN2. The van der Waals surface area contributed by atoms with Gasteiger partial charge in [0.25, 0.3) is 0 Å². The van der Waals surface area contributed by atoms with Gasteiger partial charge in [0.1, 0.15) is 0 Å². The second-order valence-electron chi connectivity index (χ2n) is 2.16. The van der Waals surface area contributed by atoms with E-state index in [4.69, 9.17) is 11.6 Å². The minimum absolute atomic E-state index is 0.673. The van der Waals surface area contributed by atoms with Crippen molar-refractivity contribution in [2.45, 2.75) is 6.54 Å². The molecule has 0 amide bonds. The number of hydrogen-bond acceptors (Lipinski definition) is 2. The van der Waals surface area contributed by atoms with E-state index in [-0.39, 0.29) is 0 Å². The highest BCUT2D eigenvalue weighted by Crippen LogP contribution is 2.15. The standard InChI is InChI=1S/C7H5ClN2/c8-6-1-5-2-9-4-7(5)10-3-6/h1-3H,4H2. The van der Waals surface area contributed by atoms with Crippen molar-refractivity contribution in [3.8, 4) is 0 Å². The summed E-state index contributed by atoms with van der Waals surface area (Å²) in [6.45, 7) is 0.701. The maximum atomic E-state index is 5.70. The topological polar surface area (TPSA) is 25.2 Å². The van der Waals surface area contributed by atoms with Crippen molar-refractivity contribution in [3.63, 3.8) is 0 Å². The largest absolute Gasteiger partial charge is 0.286 e. The average molecular weight is 153 g/mol. The summed E-state index contributed by atoms with van der Waals surface area (Å²) in [5.74, 6) is 0. The van der Waals surface area contributed by atoms with Gasteiger partial charge in [0.05, 0.1) is 17.3 Å². The number of aliphatic imine (C=N–C) groups is 1. The van der Waals surface area contributed by atoms with Crippen LogP contribution < -0.4 is 0 Å². The third-order valence-corrected chi connectivity index (χ3v) is 1.65. The lowest BCUT2D eigenvalue weighted by atomic mass is 10.2. The van der Waals surface area contributed by atoms with E-state index < -0.39 is 0 Å². The molecule has 1 aliphatic heterocycles. The lowest BCUT2D eigenvalue weighted by Crippen LogP contribution is -1.87. The van der Waals surface area contributed by atoms with Gasteiger partial charge in [0, 0.05) is 18.0 Å². The van der Waals surface area contributed by atoms with Crippen LogP contribution in [0.15, 0.2) is 17.3 Å². The molecule has 1 aromatic rings. The molecule has 0 saturated carbocycles. The molecule has 0 aliphatic carbocycles. The summed E-state index contributed by atoms with van der Waals surface area (Å²) in [7, 11) is 0. The van der Waals surface area contributed by atoms with Crippen molar-refractivity contribution in [2.75, 3.05) is 0 Å². The van der Waals surface area contributed by atoms with Gasteiger partial charge < -0.3 is 0 Å². The molecule has 50 valence electrons. The number of fused-ring (bicyclic) bond motifs is 1. The first-order valence-corrected chi connectivity index (χ1v) is 3.38. The highest BCUT2D eigenvalue weighted by atomic mass is 35.5. The molecule has 0 bridgehead atoms. The molecule has 2 rings (SSSR count). The maximum absolute atomic E-state index is 5.70. The summed E-state index contributed by atoms with van der Waals surface area (Å²) in [6.07, 6.45) is 3.45. The molecule has 2 heterocycles. The van der Waals surface area contributed by atoms with Crippen LogP contribution >= 0.6 is 11.6 Å². The van der Waals surface area contributed by atoms with Gasteiger partial charge in [-0.05, 0) is 6.07 Å². The molecule has 1 aromatic heterocycles. The van der Waals surface area contributed by atoms with Crippen LogP contribution in [0.3, 0.4) is 0 Å². The lowest BCUT2D eigenvalue weighted by Gasteiger charge is -1.93. The van der Waals surface area contributed by atoms with Crippen LogP contribution in [0.2, 0.25) is 5.02 Å². The summed E-state index contributed by atoms with van der Waals surface area (Å²) in [4.78, 5) is 8.15. The Balaban J connectivity index is 2.60. The fourth-order valence-electron chi connectivity index (χ4n) is 0.958. The first-order chi connectivity index (χ1) is 4.86. The quantitative estimate of drug-likeness (QED) is 0.555. The van der Waals surface area contributed by atoms with Crippen LogP contribution in [0.1, 0.15) is 11.3 Å². The number of nitrogens with zero attached hydrogens (tertiary/aromatic N) is 2. The molecule has 0 unspecified atom stereocenters. The van der Waals surface area contributed by atoms with E-state index in [0.29, 0.717) is 11.6 Å². The van der Waals surface area contributed by atoms with Crippen LogP contribution in [0, 0.1) is 0 Å². The predicted molar refractivity (Wildman–Crippen MR) is 40.5 cm³/mol. The second kappa shape index (κ2) is 2.06. The maximum Gasteiger partial charge on any atom is 0.0818 e. The van der Waals surface area contributed by atoms with Crippen molar-refractivity contribution >= 4 is 17.8 Å². The summed E-state index contributed by atoms with van der Waals surface area (Å²) >= 11 is 5.70. The Hall–Kier alpha value is -0.890. The third-order valence-electron chi connectivity index (χ3n) is 1.44. The minimum Gasteiger partial charge on any atom is -0.286 e. The van der Waals surface area contributed by atoms with Crippen LogP contribution in [0.5, 0.6) is 0 Å². The Bertz CT molecular complexity index is 294. The smallest absolute Gasteiger partial charge is 0.0818 e. The third kappa shape index (κ3) is 0.809. The Morgan fingerprint density at radius 2 is 2.40 bits per heavy atom. The van der Waals surface area contributed by atoms with E-state index in [1.54, 1.807) is 12.4 Å². The first-order valence-electron chi connectivity index (χ1n) is 3.00. The van der Waals surface area contributed by atoms with E-state index in [9.17, 15) is 0 Å². The number of aromatic nitrogens is 1. The Labute approximate surface area is 63.6 Å². The molecule has 0 saturated heterocycles. The fourth-order valence-corrected chi connectivity index (χ4v) is 1.12. The molecule has 0 atom stereocenters. The van der Waals surface area contributed by atoms with E-state index in [1.165, 1.54) is 0 Å². The Morgan fingerprint density at radius 3 is 3.30 bits per heavy atom. The van der Waals surface area contributed by atoms with Crippen molar-refractivity contribution in [1.29, 1.82) is 0 Å². The summed E-state index contributed by atoms with van der Waals surface area (Å²) in [5.41, 5.74) is 2.07. The van der Waals surface area contributed by atoms with Crippen molar-refractivity contribution in [2.24, 2.45) is 4.99 Å². The van der Waals surface area contributed by atoms with Gasteiger partial charge >= 0.3 is 0 Å². The predicted octanol–water partition coefficient (Wildman–Crippen LogP) is 1.67. The van der Waals surface area contributed by atoms with E-state index in [2.05, 4.69) is 9.98 Å². The number of hydrogen-bond donors (Lipinski definition) is 0. The SMILES string of the molecule is Clc1cnc2c(c1)C=NC2. The summed E-state index contributed by atoms with van der Waals surface area (Å²) in [5, 5.41) is 0.673. The summed E-state index contributed by atoms with van der Waals surface area (Å²) < 4.78 is 0. The normalized spacial score (nSPS) is 13.7. The summed E-state index contributed by atoms with van der Waals surface area (Å²) in [6, 6.07) is 1.88. The minimum atomic E-state index is 0.673. The number of rotatable bonds is 0. The highest BCUT2D eigenvalue weighted by molar-refractivity contribution is 6.30. The van der Waals surface area contributed by atoms with Gasteiger partial charge in [-0.1, -0.05) is 11.6 Å². The van der Waals surface area contributed by atoms with Gasteiger partial charge in [-0.3, -0.25) is 9.98 Å². The van der Waals surface area contributed by atoms with Crippen molar-refractivity contribution < 1.29 is 0 Å². The van der Waals surface area contributed by atoms with Gasteiger partial charge in [-0.25, -0.2) is 0 Å². The highest BCUT2D eigenvalue weighted by Gasteiger charge is 2.06. The van der Waals surface area contributed by atoms with E-state index in [0.717, 1.165) is 11.3 Å². The molecular weight excluding hydrogens is 148 g/mol. The molecule has 2 nitrogen and oxygen atoms in total. The second-order valence-corrected chi connectivity index (χ2v) is 2.60. The average Bonchev–Trinajstić information content (AvgIpc) is 2.33. The lowest BCUT2D eigenvalue weighted by molar-refractivity contribution is 1.02. The van der Waals surface area contributed by atoms with E-state index >= 15 is 0 Å². The number of pyridine rings is 1. The Morgan fingerprint density at radius 1 is 1.50 bits per heavy atom. The fraction of sp³-hybridized carbons (Fsp3) is 0.143. The van der Waals surface area contributed by atoms with Crippen molar-refractivity contribution in [1.82, 2.24) is 4.98 Å². The molecule has 0 fully saturated rings. The molecule has 0 spiro atoms. The van der Waals surface area contributed by atoms with Gasteiger partial charge in [-0.2, -0.15) is 0 Å². The van der Waals surface area contributed by atoms with Crippen LogP contribution in [-0.4, -0.2) is 11.2 Å². The monoisotopic (exact) mass is 152 g/mol. The first kappa shape index (κ1) is 5.86. The van der Waals surface area contributed by atoms with E-state index in [1.807, 2.05) is 6.07 Å². The van der Waals surface area contributed by atoms with Crippen LogP contribution in [-0.2, 0) is 6.54 Å². The van der Waals surface area contributed by atoms with Crippen LogP contribution in [0.25, 0.3) is 0 Å². The molecule has 10 heavy (non-hydrogen) atoms.